The Morgan fingerprint density at radius 1 is 1.00 bits per heavy atom. The van der Waals surface area contributed by atoms with E-state index in [2.05, 4.69) is 26.6 Å². The van der Waals surface area contributed by atoms with Crippen LogP contribution in [-0.4, -0.2) is 61.9 Å². The molecule has 0 heterocycles. The molecule has 0 aromatic rings. The minimum atomic E-state index is -1.43. The predicted octanol–water partition coefficient (Wildman–Crippen LogP) is -0.339. The molecule has 0 aliphatic carbocycles. The third-order valence-corrected chi connectivity index (χ3v) is 4.49. The molecule has 0 saturated carbocycles. The van der Waals surface area contributed by atoms with Crippen molar-refractivity contribution in [3.8, 4) is 0 Å². The highest BCUT2D eigenvalue weighted by molar-refractivity contribution is 5.88. The topological polar surface area (TPSA) is 128 Å². The summed E-state index contributed by atoms with van der Waals surface area (Å²) in [6, 6.07) is -1.28. The van der Waals surface area contributed by atoms with Crippen molar-refractivity contribution in [3.05, 3.63) is 0 Å². The summed E-state index contributed by atoms with van der Waals surface area (Å²) >= 11 is 0. The third kappa shape index (κ3) is 8.04. The second-order valence-electron chi connectivity index (χ2n) is 7.73. The molecule has 0 fully saturated rings. The first-order valence-corrected chi connectivity index (χ1v) is 9.72. The molecule has 0 aromatic carbocycles. The Hall–Kier alpha value is -1.84. The standard InChI is InChI=1S/C19H37N5O4/c1-8-9-15(20-6)17(28)23-18(5,11-25)22-14(4)16(27)24-19(12-26,21-7)10-13(2)3/h11-15,20-22H,8-10H2,1-7H3,(H,23,28)(H,24,27). The lowest BCUT2D eigenvalue weighted by Gasteiger charge is -2.34. The molecule has 0 aromatic heterocycles. The van der Waals surface area contributed by atoms with Crippen molar-refractivity contribution in [1.82, 2.24) is 26.6 Å². The maximum atomic E-state index is 12.6. The molecule has 9 heteroatoms. The summed E-state index contributed by atoms with van der Waals surface area (Å²) < 4.78 is 0. The van der Waals surface area contributed by atoms with E-state index in [0.717, 1.165) is 6.42 Å². The second-order valence-corrected chi connectivity index (χ2v) is 7.73. The molecular formula is C19H37N5O4. The number of hydrogen-bond donors (Lipinski definition) is 5. The fourth-order valence-electron chi connectivity index (χ4n) is 2.98. The van der Waals surface area contributed by atoms with Gasteiger partial charge in [0.15, 0.2) is 12.6 Å². The molecule has 5 N–H and O–H groups in total. The Bertz CT molecular complexity index is 542. The quantitative estimate of drug-likeness (QED) is 0.200. The summed E-state index contributed by atoms with van der Waals surface area (Å²) in [6.45, 7) is 8.89. The molecule has 2 amide bonds. The summed E-state index contributed by atoms with van der Waals surface area (Å²) in [5.41, 5.74) is -2.63. The zero-order valence-corrected chi connectivity index (χ0v) is 18.1. The van der Waals surface area contributed by atoms with Crippen molar-refractivity contribution in [1.29, 1.82) is 0 Å². The van der Waals surface area contributed by atoms with Crippen LogP contribution in [0.5, 0.6) is 0 Å². The van der Waals surface area contributed by atoms with Crippen molar-refractivity contribution in [2.45, 2.75) is 77.3 Å². The number of amides is 2. The van der Waals surface area contributed by atoms with Gasteiger partial charge in [-0.1, -0.05) is 27.2 Å². The van der Waals surface area contributed by atoms with Crippen molar-refractivity contribution >= 4 is 24.4 Å². The lowest BCUT2D eigenvalue weighted by atomic mass is 9.98. The van der Waals surface area contributed by atoms with Gasteiger partial charge in [-0.2, -0.15) is 0 Å². The van der Waals surface area contributed by atoms with Crippen LogP contribution in [0.1, 0.15) is 53.9 Å². The van der Waals surface area contributed by atoms with E-state index in [9.17, 15) is 19.2 Å². The second kappa shape index (κ2) is 11.9. The van der Waals surface area contributed by atoms with E-state index in [4.69, 9.17) is 0 Å². The highest BCUT2D eigenvalue weighted by atomic mass is 16.2. The fraction of sp³-hybridized carbons (Fsp3) is 0.789. The summed E-state index contributed by atoms with van der Waals surface area (Å²) in [4.78, 5) is 48.2. The minimum Gasteiger partial charge on any atom is -0.331 e. The molecule has 4 atom stereocenters. The molecule has 4 unspecified atom stereocenters. The van der Waals surface area contributed by atoms with Gasteiger partial charge in [-0.25, -0.2) is 0 Å². The number of nitrogens with one attached hydrogen (secondary N) is 5. The average molecular weight is 400 g/mol. The summed E-state index contributed by atoms with van der Waals surface area (Å²) in [6.07, 6.45) is 3.05. The van der Waals surface area contributed by atoms with Gasteiger partial charge in [-0.05, 0) is 46.7 Å². The van der Waals surface area contributed by atoms with E-state index in [-0.39, 0.29) is 11.8 Å². The van der Waals surface area contributed by atoms with Crippen LogP contribution in [0, 0.1) is 5.92 Å². The summed E-state index contributed by atoms with van der Waals surface area (Å²) in [7, 11) is 3.27. The lowest BCUT2D eigenvalue weighted by Crippen LogP contribution is -2.67. The van der Waals surface area contributed by atoms with Crippen LogP contribution in [0.3, 0.4) is 0 Å². The van der Waals surface area contributed by atoms with E-state index < -0.39 is 29.3 Å². The Balaban J connectivity index is 5.17. The van der Waals surface area contributed by atoms with E-state index in [0.29, 0.717) is 25.4 Å². The van der Waals surface area contributed by atoms with Crippen LogP contribution in [0.25, 0.3) is 0 Å². The van der Waals surface area contributed by atoms with Gasteiger partial charge in [-0.3, -0.25) is 29.8 Å². The summed E-state index contributed by atoms with van der Waals surface area (Å²) in [5, 5.41) is 13.9. The smallest absolute Gasteiger partial charge is 0.238 e. The zero-order chi connectivity index (χ0) is 22.0. The maximum Gasteiger partial charge on any atom is 0.238 e. The Morgan fingerprint density at radius 3 is 2.00 bits per heavy atom. The Labute approximate surface area is 168 Å². The number of hydrogen-bond acceptors (Lipinski definition) is 7. The molecule has 0 aliphatic rings. The molecule has 0 bridgehead atoms. The van der Waals surface area contributed by atoms with Crippen LogP contribution in [-0.2, 0) is 19.2 Å². The number of likely N-dealkylation sites (N-methyl/N-ethyl adjacent to an activating group) is 2. The van der Waals surface area contributed by atoms with Crippen LogP contribution in [0.2, 0.25) is 0 Å². The van der Waals surface area contributed by atoms with Gasteiger partial charge in [0.1, 0.15) is 11.3 Å². The van der Waals surface area contributed by atoms with Crippen LogP contribution in [0.15, 0.2) is 0 Å². The molecule has 28 heavy (non-hydrogen) atoms. The first kappa shape index (κ1) is 26.2. The monoisotopic (exact) mass is 399 g/mol. The average Bonchev–Trinajstić information content (AvgIpc) is 2.64. The van der Waals surface area contributed by atoms with Gasteiger partial charge < -0.3 is 16.0 Å². The normalized spacial score (nSPS) is 17.7. The molecule has 0 aliphatic heterocycles. The minimum absolute atomic E-state index is 0.165. The molecular weight excluding hydrogens is 362 g/mol. The van der Waals surface area contributed by atoms with Crippen LogP contribution >= 0.6 is 0 Å². The summed E-state index contributed by atoms with van der Waals surface area (Å²) in [5.74, 6) is -0.641. The van der Waals surface area contributed by atoms with E-state index >= 15 is 0 Å². The van der Waals surface area contributed by atoms with E-state index in [1.807, 2.05) is 20.8 Å². The van der Waals surface area contributed by atoms with Gasteiger partial charge in [-0.15, -0.1) is 0 Å². The zero-order valence-electron chi connectivity index (χ0n) is 18.1. The Kier molecular flexibility index (Phi) is 11.1. The van der Waals surface area contributed by atoms with Gasteiger partial charge in [0.25, 0.3) is 0 Å². The molecule has 9 nitrogen and oxygen atoms in total. The van der Waals surface area contributed by atoms with Crippen molar-refractivity contribution in [2.24, 2.45) is 5.92 Å². The predicted molar refractivity (Wildman–Crippen MR) is 108 cm³/mol. The van der Waals surface area contributed by atoms with Crippen molar-refractivity contribution < 1.29 is 19.2 Å². The van der Waals surface area contributed by atoms with E-state index in [1.54, 1.807) is 21.0 Å². The molecule has 0 saturated heterocycles. The highest BCUT2D eigenvalue weighted by Gasteiger charge is 2.35. The van der Waals surface area contributed by atoms with Gasteiger partial charge >= 0.3 is 0 Å². The first-order valence-electron chi connectivity index (χ1n) is 9.72. The molecule has 0 spiro atoms. The van der Waals surface area contributed by atoms with Crippen molar-refractivity contribution in [3.63, 3.8) is 0 Å². The van der Waals surface area contributed by atoms with Gasteiger partial charge in [0, 0.05) is 0 Å². The van der Waals surface area contributed by atoms with Gasteiger partial charge in [0.05, 0.1) is 12.1 Å². The number of carbonyl (C=O) groups is 4. The number of aldehydes is 2. The first-order chi connectivity index (χ1) is 13.0. The van der Waals surface area contributed by atoms with Gasteiger partial charge in [0.2, 0.25) is 11.8 Å². The highest BCUT2D eigenvalue weighted by Crippen LogP contribution is 2.12. The number of carbonyl (C=O) groups excluding carboxylic acids is 4. The molecule has 162 valence electrons. The third-order valence-electron chi connectivity index (χ3n) is 4.49. The van der Waals surface area contributed by atoms with Crippen LogP contribution in [0.4, 0.5) is 0 Å². The number of rotatable bonds is 14. The van der Waals surface area contributed by atoms with Crippen LogP contribution < -0.4 is 26.6 Å². The fourth-order valence-corrected chi connectivity index (χ4v) is 2.98. The largest absolute Gasteiger partial charge is 0.331 e. The Morgan fingerprint density at radius 2 is 1.61 bits per heavy atom. The maximum absolute atomic E-state index is 12.6. The van der Waals surface area contributed by atoms with Crippen molar-refractivity contribution in [2.75, 3.05) is 14.1 Å². The lowest BCUT2D eigenvalue weighted by molar-refractivity contribution is -0.132. The SMILES string of the molecule is CCCC(NC)C(=O)NC(C)(C=O)NC(C)C(=O)NC(C=O)(CC(C)C)NC. The molecule has 0 rings (SSSR count). The van der Waals surface area contributed by atoms with E-state index in [1.165, 1.54) is 6.92 Å². The molecule has 0 radical (unpaired) electrons.